The van der Waals surface area contributed by atoms with E-state index in [1.54, 1.807) is 12.1 Å². The van der Waals surface area contributed by atoms with Gasteiger partial charge in [0.05, 0.1) is 5.92 Å². The lowest BCUT2D eigenvalue weighted by Crippen LogP contribution is -2.29. The molecule has 3 nitrogen and oxygen atoms in total. The van der Waals surface area contributed by atoms with Gasteiger partial charge in [0.15, 0.2) is 5.78 Å². The Morgan fingerprint density at radius 2 is 1.50 bits per heavy atom. The molecule has 3 atom stereocenters. The molecule has 1 aliphatic carbocycles. The predicted molar refractivity (Wildman–Crippen MR) is 97.8 cm³/mol. The standard InChI is InChI=1S/C19H17ClO3S/c20-14-7-5-12(6-8-14)11-1-3-13(4-2-11)18(21)15-9-10-16(24)17(15)19(22)23/h1-8,15-17,24H,9-10H2,(H,22,23). The summed E-state index contributed by atoms with van der Waals surface area (Å²) in [6.07, 6.45) is 1.22. The third-order valence-corrected chi connectivity index (χ3v) is 5.42. The maximum Gasteiger partial charge on any atom is 0.308 e. The number of carbonyl (C=O) groups is 2. The predicted octanol–water partition coefficient (Wildman–Crippen LogP) is 4.60. The smallest absolute Gasteiger partial charge is 0.308 e. The first kappa shape index (κ1) is 17.1. The van der Waals surface area contributed by atoms with E-state index in [0.29, 0.717) is 23.4 Å². The summed E-state index contributed by atoms with van der Waals surface area (Å²) >= 11 is 10.2. The Labute approximate surface area is 151 Å². The molecule has 3 rings (SSSR count). The zero-order valence-electron chi connectivity index (χ0n) is 12.9. The monoisotopic (exact) mass is 360 g/mol. The van der Waals surface area contributed by atoms with Crippen LogP contribution in [-0.2, 0) is 4.79 Å². The van der Waals surface area contributed by atoms with Crippen LogP contribution in [0.2, 0.25) is 5.02 Å². The van der Waals surface area contributed by atoms with Gasteiger partial charge in [0, 0.05) is 21.8 Å². The molecule has 5 heteroatoms. The zero-order chi connectivity index (χ0) is 17.3. The highest BCUT2D eigenvalue weighted by atomic mass is 35.5. The molecule has 0 bridgehead atoms. The van der Waals surface area contributed by atoms with E-state index in [1.165, 1.54) is 0 Å². The molecule has 2 aromatic carbocycles. The summed E-state index contributed by atoms with van der Waals surface area (Å²) in [6, 6.07) is 14.7. The summed E-state index contributed by atoms with van der Waals surface area (Å²) in [7, 11) is 0. The normalized spacial score (nSPS) is 23.2. The Hall–Kier alpha value is -1.78. The van der Waals surface area contributed by atoms with Crippen molar-refractivity contribution in [3.63, 3.8) is 0 Å². The van der Waals surface area contributed by atoms with Gasteiger partial charge in [-0.25, -0.2) is 0 Å². The molecule has 0 spiro atoms. The molecule has 0 saturated heterocycles. The highest BCUT2D eigenvalue weighted by Gasteiger charge is 2.43. The molecule has 1 aliphatic rings. The van der Waals surface area contributed by atoms with Gasteiger partial charge in [-0.15, -0.1) is 0 Å². The average molecular weight is 361 g/mol. The van der Waals surface area contributed by atoms with Crippen molar-refractivity contribution in [1.82, 2.24) is 0 Å². The second-order valence-corrected chi connectivity index (χ2v) is 7.16. The molecule has 0 heterocycles. The fourth-order valence-corrected chi connectivity index (χ4v) is 3.90. The van der Waals surface area contributed by atoms with E-state index in [0.717, 1.165) is 11.1 Å². The fourth-order valence-electron chi connectivity index (χ4n) is 3.29. The minimum absolute atomic E-state index is 0.110. The molecule has 0 aromatic heterocycles. The van der Waals surface area contributed by atoms with Gasteiger partial charge in [0.1, 0.15) is 0 Å². The number of aliphatic carboxylic acids is 1. The lowest BCUT2D eigenvalue weighted by Gasteiger charge is -2.17. The lowest BCUT2D eigenvalue weighted by molar-refractivity contribution is -0.142. The number of thiol groups is 1. The van der Waals surface area contributed by atoms with Gasteiger partial charge in [0.25, 0.3) is 0 Å². The first-order valence-corrected chi connectivity index (χ1v) is 8.68. The molecular formula is C19H17ClO3S. The van der Waals surface area contributed by atoms with Crippen molar-refractivity contribution in [2.45, 2.75) is 18.1 Å². The van der Waals surface area contributed by atoms with E-state index in [9.17, 15) is 14.7 Å². The second kappa shape index (κ2) is 6.99. The van der Waals surface area contributed by atoms with Crippen LogP contribution in [0, 0.1) is 11.8 Å². The maximum atomic E-state index is 12.7. The molecule has 24 heavy (non-hydrogen) atoms. The van der Waals surface area contributed by atoms with E-state index >= 15 is 0 Å². The summed E-state index contributed by atoms with van der Waals surface area (Å²) in [6.45, 7) is 0. The first-order valence-electron chi connectivity index (χ1n) is 7.78. The van der Waals surface area contributed by atoms with Crippen molar-refractivity contribution >= 4 is 36.0 Å². The van der Waals surface area contributed by atoms with Gasteiger partial charge in [0.2, 0.25) is 0 Å². The number of halogens is 1. The van der Waals surface area contributed by atoms with Gasteiger partial charge in [-0.1, -0.05) is 48.0 Å². The van der Waals surface area contributed by atoms with E-state index in [-0.39, 0.29) is 11.0 Å². The lowest BCUT2D eigenvalue weighted by atomic mass is 9.88. The Morgan fingerprint density at radius 3 is 2.04 bits per heavy atom. The SMILES string of the molecule is O=C(c1ccc(-c2ccc(Cl)cc2)cc1)C1CCC(S)C1C(=O)O. The van der Waals surface area contributed by atoms with Crippen LogP contribution in [0.5, 0.6) is 0 Å². The third-order valence-electron chi connectivity index (χ3n) is 4.59. The van der Waals surface area contributed by atoms with Crippen LogP contribution >= 0.6 is 24.2 Å². The number of rotatable bonds is 4. The molecule has 1 fully saturated rings. The van der Waals surface area contributed by atoms with Gasteiger partial charge in [-0.05, 0) is 36.1 Å². The van der Waals surface area contributed by atoms with E-state index in [1.807, 2.05) is 36.4 Å². The topological polar surface area (TPSA) is 54.4 Å². The summed E-state index contributed by atoms with van der Waals surface area (Å²) in [5.74, 6) is -2.26. The number of hydrogen-bond acceptors (Lipinski definition) is 3. The van der Waals surface area contributed by atoms with Crippen LogP contribution in [0.25, 0.3) is 11.1 Å². The molecule has 0 aliphatic heterocycles. The zero-order valence-corrected chi connectivity index (χ0v) is 14.5. The van der Waals surface area contributed by atoms with Crippen LogP contribution in [0.4, 0.5) is 0 Å². The van der Waals surface area contributed by atoms with Crippen LogP contribution in [0.3, 0.4) is 0 Å². The Balaban J connectivity index is 1.81. The van der Waals surface area contributed by atoms with E-state index in [2.05, 4.69) is 12.6 Å². The summed E-state index contributed by atoms with van der Waals surface area (Å²) in [4.78, 5) is 24.1. The van der Waals surface area contributed by atoms with E-state index < -0.39 is 17.8 Å². The van der Waals surface area contributed by atoms with Crippen LogP contribution in [0.1, 0.15) is 23.2 Å². The Kier molecular flexibility index (Phi) is 4.97. The molecule has 0 radical (unpaired) electrons. The third kappa shape index (κ3) is 3.35. The number of benzene rings is 2. The number of carbonyl (C=O) groups excluding carboxylic acids is 1. The van der Waals surface area contributed by atoms with Crippen LogP contribution in [-0.4, -0.2) is 22.1 Å². The quantitative estimate of drug-likeness (QED) is 0.619. The summed E-state index contributed by atoms with van der Waals surface area (Å²) in [5, 5.41) is 9.77. The minimum atomic E-state index is -0.941. The molecule has 1 N–H and O–H groups in total. The van der Waals surface area contributed by atoms with Gasteiger partial charge >= 0.3 is 5.97 Å². The first-order chi connectivity index (χ1) is 11.5. The molecule has 124 valence electrons. The number of hydrogen-bond donors (Lipinski definition) is 2. The van der Waals surface area contributed by atoms with Gasteiger partial charge < -0.3 is 5.11 Å². The van der Waals surface area contributed by atoms with Crippen molar-refractivity contribution in [1.29, 1.82) is 0 Å². The van der Waals surface area contributed by atoms with Crippen molar-refractivity contribution in [3.8, 4) is 11.1 Å². The molecule has 0 amide bonds. The van der Waals surface area contributed by atoms with Gasteiger partial charge in [-0.2, -0.15) is 12.6 Å². The highest BCUT2D eigenvalue weighted by molar-refractivity contribution is 7.81. The molecule has 1 saturated carbocycles. The number of ketones is 1. The highest BCUT2D eigenvalue weighted by Crippen LogP contribution is 2.38. The second-order valence-electron chi connectivity index (χ2n) is 6.06. The van der Waals surface area contributed by atoms with Gasteiger partial charge in [-0.3, -0.25) is 9.59 Å². The molecular weight excluding hydrogens is 344 g/mol. The van der Waals surface area contributed by atoms with Crippen molar-refractivity contribution in [2.75, 3.05) is 0 Å². The van der Waals surface area contributed by atoms with Crippen molar-refractivity contribution in [3.05, 3.63) is 59.1 Å². The number of carboxylic acid groups (broad SMARTS) is 1. The summed E-state index contributed by atoms with van der Waals surface area (Å²) < 4.78 is 0. The van der Waals surface area contributed by atoms with E-state index in [4.69, 9.17) is 11.6 Å². The largest absolute Gasteiger partial charge is 0.481 e. The Morgan fingerprint density at radius 1 is 0.958 bits per heavy atom. The molecule has 2 aromatic rings. The van der Waals surface area contributed by atoms with Crippen molar-refractivity contribution < 1.29 is 14.7 Å². The number of carboxylic acids is 1. The van der Waals surface area contributed by atoms with Crippen LogP contribution < -0.4 is 0 Å². The Bertz CT molecular complexity index is 755. The fraction of sp³-hybridized carbons (Fsp3) is 0.263. The summed E-state index contributed by atoms with van der Waals surface area (Å²) in [5.41, 5.74) is 2.54. The average Bonchev–Trinajstić information content (AvgIpc) is 2.97. The van der Waals surface area contributed by atoms with Crippen molar-refractivity contribution in [2.24, 2.45) is 11.8 Å². The van der Waals surface area contributed by atoms with Crippen LogP contribution in [0.15, 0.2) is 48.5 Å². The molecule has 3 unspecified atom stereocenters. The maximum absolute atomic E-state index is 12.7. The number of Topliss-reactive ketones (excluding diaryl/α,β-unsaturated/α-hetero) is 1. The minimum Gasteiger partial charge on any atom is -0.481 e.